The molecule has 2 fully saturated rings. The summed E-state index contributed by atoms with van der Waals surface area (Å²) in [6, 6.07) is 10.9. The summed E-state index contributed by atoms with van der Waals surface area (Å²) in [6.07, 6.45) is 7.78. The second kappa shape index (κ2) is 5.57. The normalized spacial score (nSPS) is 29.6. The highest BCUT2D eigenvalue weighted by Crippen LogP contribution is 2.28. The maximum Gasteiger partial charge on any atom is 0.331 e. The summed E-state index contributed by atoms with van der Waals surface area (Å²) in [5.74, 6) is -0.227. The van der Waals surface area contributed by atoms with E-state index in [1.54, 1.807) is 6.08 Å². The van der Waals surface area contributed by atoms with Gasteiger partial charge >= 0.3 is 5.97 Å². The zero-order valence-corrected chi connectivity index (χ0v) is 10.9. The van der Waals surface area contributed by atoms with Crippen LogP contribution in [-0.2, 0) is 9.53 Å². The third-order valence-corrected chi connectivity index (χ3v) is 3.92. The van der Waals surface area contributed by atoms with Crippen molar-refractivity contribution in [3.8, 4) is 0 Å². The van der Waals surface area contributed by atoms with Crippen LogP contribution in [0.1, 0.15) is 31.2 Å². The Bertz CT molecular complexity index is 457. The summed E-state index contributed by atoms with van der Waals surface area (Å²) in [5, 5.41) is 3.54. The van der Waals surface area contributed by atoms with Crippen LogP contribution >= 0.6 is 0 Å². The van der Waals surface area contributed by atoms with Crippen molar-refractivity contribution in [2.24, 2.45) is 0 Å². The van der Waals surface area contributed by atoms with Gasteiger partial charge in [0, 0.05) is 18.2 Å². The highest BCUT2D eigenvalue weighted by molar-refractivity contribution is 5.87. The van der Waals surface area contributed by atoms with E-state index in [0.717, 1.165) is 18.4 Å². The Morgan fingerprint density at radius 1 is 1.16 bits per heavy atom. The Balaban J connectivity index is 1.53. The third kappa shape index (κ3) is 3.24. The topological polar surface area (TPSA) is 38.3 Å². The van der Waals surface area contributed by atoms with E-state index < -0.39 is 0 Å². The minimum absolute atomic E-state index is 0.0895. The Kier molecular flexibility index (Phi) is 3.65. The SMILES string of the molecule is O=C(/C=C/c1ccccc1)OC1C[C@H]2CC[C@@H](C1)N2. The van der Waals surface area contributed by atoms with Gasteiger partial charge in [-0.15, -0.1) is 0 Å². The first-order valence-corrected chi connectivity index (χ1v) is 6.99. The molecule has 19 heavy (non-hydrogen) atoms. The lowest BCUT2D eigenvalue weighted by Crippen LogP contribution is -2.41. The van der Waals surface area contributed by atoms with Crippen LogP contribution in [0.4, 0.5) is 0 Å². The van der Waals surface area contributed by atoms with Crippen LogP contribution < -0.4 is 5.32 Å². The molecule has 0 aromatic heterocycles. The van der Waals surface area contributed by atoms with Gasteiger partial charge in [-0.2, -0.15) is 0 Å². The van der Waals surface area contributed by atoms with Crippen molar-refractivity contribution in [1.82, 2.24) is 5.32 Å². The van der Waals surface area contributed by atoms with E-state index >= 15 is 0 Å². The average Bonchev–Trinajstić information content (AvgIpc) is 2.77. The van der Waals surface area contributed by atoms with Crippen LogP contribution in [0, 0.1) is 0 Å². The summed E-state index contributed by atoms with van der Waals surface area (Å²) in [7, 11) is 0. The molecule has 0 aliphatic carbocycles. The van der Waals surface area contributed by atoms with Crippen LogP contribution in [0.3, 0.4) is 0 Å². The first kappa shape index (κ1) is 12.4. The molecule has 3 heteroatoms. The molecule has 2 heterocycles. The molecular weight excluding hydrogens is 238 g/mol. The third-order valence-electron chi connectivity index (χ3n) is 3.92. The van der Waals surface area contributed by atoms with E-state index in [-0.39, 0.29) is 12.1 Å². The van der Waals surface area contributed by atoms with Crippen LogP contribution in [0.5, 0.6) is 0 Å². The van der Waals surface area contributed by atoms with E-state index in [0.29, 0.717) is 12.1 Å². The van der Waals surface area contributed by atoms with E-state index in [1.165, 1.54) is 18.9 Å². The Morgan fingerprint density at radius 2 is 1.84 bits per heavy atom. The zero-order chi connectivity index (χ0) is 13.1. The molecule has 0 radical (unpaired) electrons. The lowest BCUT2D eigenvalue weighted by molar-refractivity contribution is -0.144. The number of piperidine rings is 1. The van der Waals surface area contributed by atoms with Crippen LogP contribution in [0.25, 0.3) is 6.08 Å². The molecule has 100 valence electrons. The standard InChI is InChI=1S/C16H19NO2/c18-16(9-6-12-4-2-1-3-5-12)19-15-10-13-7-8-14(11-15)17-13/h1-6,9,13-15,17H,7-8,10-11H2/b9-6+/t13-,14+,15?. The van der Waals surface area contributed by atoms with Crippen molar-refractivity contribution in [2.75, 3.05) is 0 Å². The van der Waals surface area contributed by atoms with Gasteiger partial charge in [-0.1, -0.05) is 30.3 Å². The summed E-state index contributed by atoms with van der Waals surface area (Å²) < 4.78 is 5.53. The summed E-state index contributed by atoms with van der Waals surface area (Å²) in [4.78, 5) is 11.8. The van der Waals surface area contributed by atoms with Gasteiger partial charge in [0.25, 0.3) is 0 Å². The van der Waals surface area contributed by atoms with Gasteiger partial charge in [-0.05, 0) is 37.3 Å². The van der Waals surface area contributed by atoms with Gasteiger partial charge in [-0.25, -0.2) is 4.79 Å². The molecule has 1 unspecified atom stereocenters. The first-order chi connectivity index (χ1) is 9.29. The number of nitrogens with one attached hydrogen (secondary N) is 1. The van der Waals surface area contributed by atoms with Crippen molar-refractivity contribution in [3.63, 3.8) is 0 Å². The van der Waals surface area contributed by atoms with Crippen molar-refractivity contribution in [3.05, 3.63) is 42.0 Å². The minimum Gasteiger partial charge on any atom is -0.459 e. The molecule has 1 N–H and O–H groups in total. The molecule has 2 aliphatic rings. The molecule has 0 saturated carbocycles. The highest BCUT2D eigenvalue weighted by Gasteiger charge is 2.34. The Hall–Kier alpha value is -1.61. The fourth-order valence-electron chi connectivity index (χ4n) is 3.03. The number of esters is 1. The fraction of sp³-hybridized carbons (Fsp3) is 0.438. The van der Waals surface area contributed by atoms with Gasteiger partial charge in [0.05, 0.1) is 0 Å². The summed E-state index contributed by atoms with van der Waals surface area (Å²) >= 11 is 0. The van der Waals surface area contributed by atoms with Crippen LogP contribution in [-0.4, -0.2) is 24.2 Å². The number of hydrogen-bond acceptors (Lipinski definition) is 3. The summed E-state index contributed by atoms with van der Waals surface area (Å²) in [6.45, 7) is 0. The van der Waals surface area contributed by atoms with Crippen molar-refractivity contribution >= 4 is 12.0 Å². The number of ether oxygens (including phenoxy) is 1. The Morgan fingerprint density at radius 3 is 2.53 bits per heavy atom. The molecule has 1 aromatic rings. The maximum absolute atomic E-state index is 11.8. The van der Waals surface area contributed by atoms with E-state index in [4.69, 9.17) is 4.74 Å². The van der Waals surface area contributed by atoms with Gasteiger partial charge < -0.3 is 10.1 Å². The molecule has 2 bridgehead atoms. The molecule has 2 aliphatic heterocycles. The van der Waals surface area contributed by atoms with Gasteiger partial charge in [-0.3, -0.25) is 0 Å². The van der Waals surface area contributed by atoms with Crippen molar-refractivity contribution < 1.29 is 9.53 Å². The molecule has 2 saturated heterocycles. The number of hydrogen-bond donors (Lipinski definition) is 1. The Labute approximate surface area is 113 Å². The molecule has 0 amide bonds. The molecular formula is C16H19NO2. The van der Waals surface area contributed by atoms with Gasteiger partial charge in [0.15, 0.2) is 0 Å². The smallest absolute Gasteiger partial charge is 0.331 e. The fourth-order valence-corrected chi connectivity index (χ4v) is 3.03. The van der Waals surface area contributed by atoms with E-state index in [1.807, 2.05) is 30.3 Å². The lowest BCUT2D eigenvalue weighted by Gasteiger charge is -2.28. The molecule has 3 rings (SSSR count). The number of carbonyl (C=O) groups is 1. The van der Waals surface area contributed by atoms with Crippen LogP contribution in [0.2, 0.25) is 0 Å². The lowest BCUT2D eigenvalue weighted by atomic mass is 10.0. The van der Waals surface area contributed by atoms with Gasteiger partial charge in [0.1, 0.15) is 6.10 Å². The molecule has 1 aromatic carbocycles. The quantitative estimate of drug-likeness (QED) is 0.668. The largest absolute Gasteiger partial charge is 0.459 e. The molecule has 3 nitrogen and oxygen atoms in total. The van der Waals surface area contributed by atoms with Crippen molar-refractivity contribution in [1.29, 1.82) is 0 Å². The van der Waals surface area contributed by atoms with Crippen LogP contribution in [0.15, 0.2) is 36.4 Å². The second-order valence-electron chi connectivity index (χ2n) is 5.41. The van der Waals surface area contributed by atoms with E-state index in [9.17, 15) is 4.79 Å². The number of fused-ring (bicyclic) bond motifs is 2. The van der Waals surface area contributed by atoms with E-state index in [2.05, 4.69) is 5.32 Å². The monoisotopic (exact) mass is 257 g/mol. The number of rotatable bonds is 3. The molecule has 0 spiro atoms. The van der Waals surface area contributed by atoms with Crippen molar-refractivity contribution in [2.45, 2.75) is 43.9 Å². The average molecular weight is 257 g/mol. The zero-order valence-electron chi connectivity index (χ0n) is 10.9. The predicted molar refractivity (Wildman–Crippen MR) is 74.5 cm³/mol. The summed E-state index contributed by atoms with van der Waals surface area (Å²) in [5.41, 5.74) is 1.02. The second-order valence-corrected chi connectivity index (χ2v) is 5.41. The highest BCUT2D eigenvalue weighted by atomic mass is 16.5. The predicted octanol–water partition coefficient (Wildman–Crippen LogP) is 2.53. The molecule has 3 atom stereocenters. The number of benzene rings is 1. The first-order valence-electron chi connectivity index (χ1n) is 6.99. The minimum atomic E-state index is -0.227. The maximum atomic E-state index is 11.8. The van der Waals surface area contributed by atoms with Gasteiger partial charge in [0.2, 0.25) is 0 Å². The number of carbonyl (C=O) groups excluding carboxylic acids is 1.